The van der Waals surface area contributed by atoms with Crippen LogP contribution >= 0.6 is 0 Å². The lowest BCUT2D eigenvalue weighted by Crippen LogP contribution is -2.26. The van der Waals surface area contributed by atoms with Crippen molar-refractivity contribution >= 4 is 17.6 Å². The van der Waals surface area contributed by atoms with Gasteiger partial charge in [0.2, 0.25) is 0 Å². The third-order valence-corrected chi connectivity index (χ3v) is 5.45. The summed E-state index contributed by atoms with van der Waals surface area (Å²) in [5, 5.41) is 0. The highest BCUT2D eigenvalue weighted by Crippen LogP contribution is 2.30. The monoisotopic (exact) mass is 467 g/mol. The molecule has 0 N–H and O–H groups in total. The predicted octanol–water partition coefficient (Wildman–Crippen LogP) is 5.42. The van der Waals surface area contributed by atoms with Crippen molar-refractivity contribution in [3.05, 3.63) is 120 Å². The molecule has 3 aromatic rings. The van der Waals surface area contributed by atoms with Gasteiger partial charge in [-0.15, -0.1) is 0 Å². The van der Waals surface area contributed by atoms with Crippen molar-refractivity contribution < 1.29 is 23.8 Å². The fraction of sp³-hybridized carbons (Fsp3) is 0.103. The number of carbonyl (C=O) groups is 2. The molecule has 176 valence electrons. The number of benzene rings is 3. The summed E-state index contributed by atoms with van der Waals surface area (Å²) in [4.78, 5) is 26.6. The van der Waals surface area contributed by atoms with Gasteiger partial charge in [-0.2, -0.15) is 0 Å². The Morgan fingerprint density at radius 2 is 1.51 bits per heavy atom. The Kier molecular flexibility index (Phi) is 7.43. The van der Waals surface area contributed by atoms with E-state index in [1.165, 1.54) is 20.3 Å². The Morgan fingerprint density at radius 1 is 0.771 bits per heavy atom. The lowest BCUT2D eigenvalue weighted by molar-refractivity contribution is -0.139. The van der Waals surface area contributed by atoms with Crippen LogP contribution in [-0.4, -0.2) is 26.2 Å². The molecule has 1 heterocycles. The molecule has 0 bridgehead atoms. The number of anilines is 1. The van der Waals surface area contributed by atoms with Gasteiger partial charge in [-0.3, -0.25) is 0 Å². The summed E-state index contributed by atoms with van der Waals surface area (Å²) >= 11 is 0. The van der Waals surface area contributed by atoms with E-state index in [9.17, 15) is 9.59 Å². The van der Waals surface area contributed by atoms with Gasteiger partial charge in [0.1, 0.15) is 18.1 Å². The maximum Gasteiger partial charge on any atom is 0.355 e. The third-order valence-electron chi connectivity index (χ3n) is 5.45. The third kappa shape index (κ3) is 5.50. The Balaban J connectivity index is 1.59. The van der Waals surface area contributed by atoms with Crippen LogP contribution in [0.2, 0.25) is 0 Å². The molecule has 1 aliphatic heterocycles. The largest absolute Gasteiger partial charge is 0.489 e. The molecule has 6 nitrogen and oxygen atoms in total. The maximum atomic E-state index is 12.6. The van der Waals surface area contributed by atoms with Crippen LogP contribution in [0.4, 0.5) is 5.69 Å². The van der Waals surface area contributed by atoms with Gasteiger partial charge in [0, 0.05) is 11.9 Å². The van der Waals surface area contributed by atoms with Crippen molar-refractivity contribution in [1.29, 1.82) is 0 Å². The van der Waals surface area contributed by atoms with Crippen molar-refractivity contribution in [1.82, 2.24) is 0 Å². The minimum absolute atomic E-state index is 0.0772. The van der Waals surface area contributed by atoms with E-state index in [-0.39, 0.29) is 11.3 Å². The molecule has 0 aliphatic carbocycles. The van der Waals surface area contributed by atoms with Crippen molar-refractivity contribution in [2.45, 2.75) is 6.61 Å². The molecule has 0 spiro atoms. The number of hydrogen-bond donors (Lipinski definition) is 0. The number of methoxy groups -OCH3 is 2. The van der Waals surface area contributed by atoms with Crippen molar-refractivity contribution in [2.75, 3.05) is 19.1 Å². The van der Waals surface area contributed by atoms with Crippen LogP contribution in [0.5, 0.6) is 5.75 Å². The molecule has 3 aromatic carbocycles. The first-order chi connectivity index (χ1) is 17.1. The summed E-state index contributed by atoms with van der Waals surface area (Å²) in [7, 11) is 2.55. The van der Waals surface area contributed by atoms with E-state index < -0.39 is 11.9 Å². The first kappa shape index (κ1) is 23.6. The van der Waals surface area contributed by atoms with Crippen LogP contribution in [-0.2, 0) is 25.7 Å². The maximum absolute atomic E-state index is 12.6. The minimum atomic E-state index is -0.644. The minimum Gasteiger partial charge on any atom is -0.489 e. The lowest BCUT2D eigenvalue weighted by Gasteiger charge is -2.23. The van der Waals surface area contributed by atoms with Crippen LogP contribution in [0, 0.1) is 0 Å². The zero-order chi connectivity index (χ0) is 24.6. The summed E-state index contributed by atoms with van der Waals surface area (Å²) in [6.45, 7) is 0.490. The summed E-state index contributed by atoms with van der Waals surface area (Å²) in [5.74, 6) is -0.496. The first-order valence-corrected chi connectivity index (χ1v) is 11.0. The molecule has 0 fully saturated rings. The molecule has 0 unspecified atom stereocenters. The van der Waals surface area contributed by atoms with E-state index >= 15 is 0 Å². The Hall–Kier alpha value is -4.58. The number of nitrogens with zero attached hydrogens (tertiary/aromatic N) is 1. The fourth-order valence-electron chi connectivity index (χ4n) is 3.69. The number of esters is 2. The number of hydrogen-bond acceptors (Lipinski definition) is 6. The van der Waals surface area contributed by atoms with E-state index in [1.54, 1.807) is 23.3 Å². The highest BCUT2D eigenvalue weighted by atomic mass is 16.5. The Morgan fingerprint density at radius 3 is 2.23 bits per heavy atom. The summed E-state index contributed by atoms with van der Waals surface area (Å²) < 4.78 is 15.8. The van der Waals surface area contributed by atoms with E-state index in [4.69, 9.17) is 14.2 Å². The van der Waals surface area contributed by atoms with Gasteiger partial charge < -0.3 is 19.1 Å². The molecule has 0 aromatic heterocycles. The normalized spacial score (nSPS) is 12.8. The van der Waals surface area contributed by atoms with Crippen molar-refractivity contribution in [2.24, 2.45) is 0 Å². The van der Waals surface area contributed by atoms with Crippen LogP contribution < -0.4 is 9.64 Å². The average molecular weight is 468 g/mol. The molecule has 4 rings (SSSR count). The quantitative estimate of drug-likeness (QED) is 0.432. The van der Waals surface area contributed by atoms with E-state index in [1.807, 2.05) is 78.9 Å². The van der Waals surface area contributed by atoms with Crippen molar-refractivity contribution in [3.8, 4) is 16.9 Å². The zero-order valence-corrected chi connectivity index (χ0v) is 19.5. The van der Waals surface area contributed by atoms with Crippen LogP contribution in [0.3, 0.4) is 0 Å². The Labute approximate surface area is 204 Å². The predicted molar refractivity (Wildman–Crippen MR) is 134 cm³/mol. The Bertz CT molecular complexity index is 1290. The SMILES string of the molecule is COC(=O)C1=C(C(=O)OC)N(c2ccc(-c3cccc(OCc4ccccc4)c3)cc2)C=CC=C1. The number of rotatable bonds is 7. The molecule has 0 saturated heterocycles. The standard InChI is InChI=1S/C29H25NO5/c1-33-28(31)26-13-6-7-18-30(27(26)29(32)34-2)24-16-14-22(15-17-24)23-11-8-12-25(19-23)35-20-21-9-4-3-5-10-21/h3-19H,20H2,1-2H3. The second-order valence-corrected chi connectivity index (χ2v) is 7.67. The van der Waals surface area contributed by atoms with Gasteiger partial charge in [-0.1, -0.05) is 60.7 Å². The lowest BCUT2D eigenvalue weighted by atomic mass is 10.0. The summed E-state index contributed by atoms with van der Waals surface area (Å²) in [6, 6.07) is 25.5. The highest BCUT2D eigenvalue weighted by molar-refractivity contribution is 6.05. The van der Waals surface area contributed by atoms with Crippen LogP contribution in [0.1, 0.15) is 5.56 Å². The molecule has 0 amide bonds. The molecule has 6 heteroatoms. The van der Waals surface area contributed by atoms with Gasteiger partial charge in [0.15, 0.2) is 0 Å². The van der Waals surface area contributed by atoms with Crippen LogP contribution in [0.15, 0.2) is 115 Å². The summed E-state index contributed by atoms with van der Waals surface area (Å²) in [5.41, 5.74) is 3.95. The van der Waals surface area contributed by atoms with Gasteiger partial charge in [0.25, 0.3) is 0 Å². The molecule has 0 atom stereocenters. The average Bonchev–Trinajstić information content (AvgIpc) is 3.15. The van der Waals surface area contributed by atoms with Crippen molar-refractivity contribution in [3.63, 3.8) is 0 Å². The topological polar surface area (TPSA) is 65.1 Å². The number of carbonyl (C=O) groups excluding carboxylic acids is 2. The van der Waals surface area contributed by atoms with Gasteiger partial charge in [-0.05, 0) is 53.1 Å². The first-order valence-electron chi connectivity index (χ1n) is 11.0. The van der Waals surface area contributed by atoms with Crippen LogP contribution in [0.25, 0.3) is 11.1 Å². The second-order valence-electron chi connectivity index (χ2n) is 7.67. The molecular formula is C29H25NO5. The van der Waals surface area contributed by atoms with E-state index in [0.717, 1.165) is 22.4 Å². The zero-order valence-electron chi connectivity index (χ0n) is 19.5. The van der Waals surface area contributed by atoms with E-state index in [2.05, 4.69) is 0 Å². The molecule has 35 heavy (non-hydrogen) atoms. The van der Waals surface area contributed by atoms with Gasteiger partial charge >= 0.3 is 11.9 Å². The molecular weight excluding hydrogens is 442 g/mol. The molecule has 1 aliphatic rings. The second kappa shape index (κ2) is 11.0. The summed E-state index contributed by atoms with van der Waals surface area (Å²) in [6.07, 6.45) is 6.64. The van der Waals surface area contributed by atoms with E-state index in [0.29, 0.717) is 12.3 Å². The molecule has 0 radical (unpaired) electrons. The molecule has 0 saturated carbocycles. The van der Waals surface area contributed by atoms with Gasteiger partial charge in [-0.25, -0.2) is 9.59 Å². The highest BCUT2D eigenvalue weighted by Gasteiger charge is 2.27. The number of allylic oxidation sites excluding steroid dienone is 2. The van der Waals surface area contributed by atoms with Gasteiger partial charge in [0.05, 0.1) is 19.8 Å². The smallest absolute Gasteiger partial charge is 0.355 e. The fourth-order valence-corrected chi connectivity index (χ4v) is 3.69. The number of ether oxygens (including phenoxy) is 3.